The Balaban J connectivity index is 1.19. The van der Waals surface area contributed by atoms with Crippen LogP contribution in [-0.4, -0.2) is 62.5 Å². The van der Waals surface area contributed by atoms with E-state index in [1.54, 1.807) is 29.2 Å². The molecule has 4 aromatic carbocycles. The van der Waals surface area contributed by atoms with Crippen molar-refractivity contribution in [3.05, 3.63) is 126 Å². The Labute approximate surface area is 260 Å². The third kappa shape index (κ3) is 6.15. The maximum absolute atomic E-state index is 13.4. The monoisotopic (exact) mass is 613 g/mol. The first-order valence-corrected chi connectivity index (χ1v) is 15.1. The number of carbonyl (C=O) groups is 1. The highest BCUT2D eigenvalue weighted by Crippen LogP contribution is 2.46. The predicted molar refractivity (Wildman–Crippen MR) is 165 cm³/mol. The van der Waals surface area contributed by atoms with Crippen LogP contribution in [0.2, 0.25) is 0 Å². The van der Waals surface area contributed by atoms with Crippen LogP contribution >= 0.6 is 0 Å². The summed E-state index contributed by atoms with van der Waals surface area (Å²) in [5.41, 5.74) is 4.81. The van der Waals surface area contributed by atoms with Gasteiger partial charge in [0.15, 0.2) is 0 Å². The average Bonchev–Trinajstić information content (AvgIpc) is 3.07. The fourth-order valence-corrected chi connectivity index (χ4v) is 6.39. The third-order valence-electron chi connectivity index (χ3n) is 8.97. The number of carbonyl (C=O) groups excluding carboxylic acids is 1. The van der Waals surface area contributed by atoms with Crippen LogP contribution in [-0.2, 0) is 9.53 Å². The number of halogens is 1. The minimum absolute atomic E-state index is 0.00892. The summed E-state index contributed by atoms with van der Waals surface area (Å²) in [6.07, 6.45) is -6.08. The first-order chi connectivity index (χ1) is 21.8. The number of hydrogen-bond donors (Lipinski definition) is 5. The van der Waals surface area contributed by atoms with Crippen molar-refractivity contribution in [2.45, 2.75) is 55.5 Å². The fraction of sp³-hybridized carbons (Fsp3) is 0.306. The molecule has 2 aliphatic rings. The highest BCUT2D eigenvalue weighted by molar-refractivity contribution is 6.03. The molecule has 1 unspecified atom stereocenters. The Kier molecular flexibility index (Phi) is 9.09. The van der Waals surface area contributed by atoms with Crippen molar-refractivity contribution >= 4 is 11.6 Å². The standard InChI is InChI=1S/C36H36FNO7/c37-26-16-14-23(15-17-26)29(40)19-18-28-31(38(36(28)44)27-4-2-1-3-5-27)24-10-6-21(7-11-24)22-8-12-25(13-9-22)35-34(43)33(42)32(41)30(20-39)45-35/h1-17,28-35,39-43H,18-20H2/t28-,29+,30-,31-,32-,33+,34-,35?/m1/s1. The Bertz CT molecular complexity index is 1580. The van der Waals surface area contributed by atoms with E-state index in [0.717, 1.165) is 22.4 Å². The van der Waals surface area contributed by atoms with Crippen molar-refractivity contribution in [2.24, 2.45) is 5.92 Å². The van der Waals surface area contributed by atoms with Gasteiger partial charge in [0.05, 0.1) is 24.7 Å². The lowest BCUT2D eigenvalue weighted by atomic mass is 9.78. The van der Waals surface area contributed by atoms with Gasteiger partial charge in [-0.25, -0.2) is 4.39 Å². The van der Waals surface area contributed by atoms with Crippen LogP contribution in [0.3, 0.4) is 0 Å². The van der Waals surface area contributed by atoms with Crippen LogP contribution in [0.5, 0.6) is 0 Å². The minimum Gasteiger partial charge on any atom is -0.394 e. The van der Waals surface area contributed by atoms with Gasteiger partial charge in [-0.05, 0) is 64.9 Å². The van der Waals surface area contributed by atoms with Gasteiger partial charge in [0, 0.05) is 5.69 Å². The maximum atomic E-state index is 13.4. The number of benzene rings is 4. The number of amides is 1. The van der Waals surface area contributed by atoms with E-state index in [2.05, 4.69) is 0 Å². The molecule has 6 rings (SSSR count). The zero-order valence-electron chi connectivity index (χ0n) is 24.4. The van der Waals surface area contributed by atoms with Gasteiger partial charge >= 0.3 is 0 Å². The largest absolute Gasteiger partial charge is 0.394 e. The molecule has 8 atom stereocenters. The molecule has 2 aliphatic heterocycles. The number of aliphatic hydroxyl groups is 5. The van der Waals surface area contributed by atoms with Gasteiger partial charge in [0.25, 0.3) is 0 Å². The SMILES string of the molecule is O=C1[C@H](CC[C@H](O)c2ccc(F)cc2)[C@@H](c2ccc(-c3ccc(C4O[C@H](CO)[C@@H](O)[C@H](O)[C@H]4O)cc3)cc2)N1c1ccccc1. The average molecular weight is 614 g/mol. The van der Waals surface area contributed by atoms with Gasteiger partial charge in [0.1, 0.15) is 36.3 Å². The number of ether oxygens (including phenoxy) is 1. The maximum Gasteiger partial charge on any atom is 0.233 e. The van der Waals surface area contributed by atoms with Gasteiger partial charge in [0.2, 0.25) is 5.91 Å². The quantitative estimate of drug-likeness (QED) is 0.179. The van der Waals surface area contributed by atoms with Crippen LogP contribution in [0.1, 0.15) is 47.8 Å². The summed E-state index contributed by atoms with van der Waals surface area (Å²) >= 11 is 0. The molecule has 0 spiro atoms. The highest BCUT2D eigenvalue weighted by Gasteiger charge is 2.48. The van der Waals surface area contributed by atoms with Gasteiger partial charge in [-0.15, -0.1) is 0 Å². The lowest BCUT2D eigenvalue weighted by Gasteiger charge is -2.48. The number of para-hydroxylation sites is 1. The second-order valence-corrected chi connectivity index (χ2v) is 11.7. The molecule has 0 saturated carbocycles. The molecule has 2 heterocycles. The zero-order valence-corrected chi connectivity index (χ0v) is 24.4. The van der Waals surface area contributed by atoms with E-state index in [1.165, 1.54) is 12.1 Å². The molecule has 2 saturated heterocycles. The molecule has 2 fully saturated rings. The van der Waals surface area contributed by atoms with Crippen molar-refractivity contribution in [1.82, 2.24) is 0 Å². The molecule has 0 radical (unpaired) electrons. The van der Waals surface area contributed by atoms with E-state index in [1.807, 2.05) is 66.7 Å². The van der Waals surface area contributed by atoms with Crippen LogP contribution in [0.15, 0.2) is 103 Å². The van der Waals surface area contributed by atoms with E-state index in [9.17, 15) is 34.7 Å². The number of aliphatic hydroxyl groups excluding tert-OH is 5. The summed E-state index contributed by atoms with van der Waals surface area (Å²) < 4.78 is 19.0. The van der Waals surface area contributed by atoms with Crippen LogP contribution in [0, 0.1) is 11.7 Å². The molecule has 9 heteroatoms. The molecule has 0 bridgehead atoms. The number of hydrogen-bond acceptors (Lipinski definition) is 7. The number of nitrogens with zero attached hydrogens (tertiary/aromatic N) is 1. The summed E-state index contributed by atoms with van der Waals surface area (Å²) in [4.78, 5) is 15.2. The molecular formula is C36H36FNO7. The zero-order chi connectivity index (χ0) is 31.7. The first-order valence-electron chi connectivity index (χ1n) is 15.1. The molecule has 45 heavy (non-hydrogen) atoms. The Hall–Kier alpha value is -3.96. The smallest absolute Gasteiger partial charge is 0.233 e. The summed E-state index contributed by atoms with van der Waals surface area (Å²) in [7, 11) is 0. The lowest BCUT2D eigenvalue weighted by molar-refractivity contribution is -0.231. The predicted octanol–water partition coefficient (Wildman–Crippen LogP) is 4.23. The summed E-state index contributed by atoms with van der Waals surface area (Å²) in [6, 6.07) is 30.3. The number of β-lactam (4-membered cyclic amide) rings is 1. The van der Waals surface area contributed by atoms with Crippen molar-refractivity contribution in [2.75, 3.05) is 11.5 Å². The van der Waals surface area contributed by atoms with E-state index < -0.39 is 43.2 Å². The van der Waals surface area contributed by atoms with Gasteiger partial charge in [-0.2, -0.15) is 0 Å². The molecular weight excluding hydrogens is 577 g/mol. The highest BCUT2D eigenvalue weighted by atomic mass is 19.1. The fourth-order valence-electron chi connectivity index (χ4n) is 6.39. The van der Waals surface area contributed by atoms with Crippen LogP contribution in [0.25, 0.3) is 11.1 Å². The van der Waals surface area contributed by atoms with Crippen molar-refractivity contribution in [1.29, 1.82) is 0 Å². The molecule has 8 nitrogen and oxygen atoms in total. The Morgan fingerprint density at radius 3 is 1.96 bits per heavy atom. The minimum atomic E-state index is -1.45. The molecule has 4 aromatic rings. The summed E-state index contributed by atoms with van der Waals surface area (Å²) in [5.74, 6) is -0.707. The topological polar surface area (TPSA) is 131 Å². The Morgan fingerprint density at radius 1 is 0.756 bits per heavy atom. The molecule has 0 aromatic heterocycles. The third-order valence-corrected chi connectivity index (χ3v) is 8.97. The van der Waals surface area contributed by atoms with Crippen LogP contribution in [0.4, 0.5) is 10.1 Å². The first kappa shape index (κ1) is 31.0. The number of anilines is 1. The van der Waals surface area contributed by atoms with E-state index in [4.69, 9.17) is 4.74 Å². The van der Waals surface area contributed by atoms with Crippen molar-refractivity contribution in [3.63, 3.8) is 0 Å². The van der Waals surface area contributed by atoms with Crippen molar-refractivity contribution in [3.8, 4) is 11.1 Å². The normalized spacial score (nSPS) is 27.2. The second kappa shape index (κ2) is 13.2. The lowest BCUT2D eigenvalue weighted by Crippen LogP contribution is -2.55. The van der Waals surface area contributed by atoms with Gasteiger partial charge < -0.3 is 35.2 Å². The second-order valence-electron chi connectivity index (χ2n) is 11.7. The van der Waals surface area contributed by atoms with E-state index >= 15 is 0 Å². The van der Waals surface area contributed by atoms with Crippen LogP contribution < -0.4 is 4.90 Å². The molecule has 0 aliphatic carbocycles. The molecule has 234 valence electrons. The van der Waals surface area contributed by atoms with E-state index in [0.29, 0.717) is 24.0 Å². The Morgan fingerprint density at radius 2 is 1.36 bits per heavy atom. The van der Waals surface area contributed by atoms with Crippen molar-refractivity contribution < 1.29 is 39.5 Å². The van der Waals surface area contributed by atoms with E-state index in [-0.39, 0.29) is 23.7 Å². The summed E-state index contributed by atoms with van der Waals surface area (Å²) in [5, 5.41) is 51.0. The van der Waals surface area contributed by atoms with Gasteiger partial charge in [-0.1, -0.05) is 78.9 Å². The van der Waals surface area contributed by atoms with Gasteiger partial charge in [-0.3, -0.25) is 4.79 Å². The number of rotatable bonds is 9. The summed E-state index contributed by atoms with van der Waals surface area (Å²) in [6.45, 7) is -0.490. The molecule has 5 N–H and O–H groups in total. The molecule has 1 amide bonds.